The number of hydrogen-bond acceptors (Lipinski definition) is 4. The molecule has 0 radical (unpaired) electrons. The Morgan fingerprint density at radius 1 is 1.03 bits per heavy atom. The van der Waals surface area contributed by atoms with Gasteiger partial charge in [-0.05, 0) is 61.5 Å². The molecule has 1 atom stereocenters. The third-order valence-electron chi connectivity index (χ3n) is 5.57. The number of sulfonamides is 1. The normalized spacial score (nSPS) is 12.6. The van der Waals surface area contributed by atoms with Crippen molar-refractivity contribution in [3.8, 4) is 0 Å². The maximum absolute atomic E-state index is 13.5. The summed E-state index contributed by atoms with van der Waals surface area (Å²) in [5, 5.41) is 1.93. The molecule has 0 fully saturated rings. The second kappa shape index (κ2) is 11.0. The van der Waals surface area contributed by atoms with Crippen LogP contribution < -0.4 is 0 Å². The van der Waals surface area contributed by atoms with Crippen molar-refractivity contribution in [3.05, 3.63) is 87.9 Å². The van der Waals surface area contributed by atoms with Crippen LogP contribution in [0.1, 0.15) is 36.3 Å². The molecule has 0 aliphatic carbocycles. The maximum Gasteiger partial charge on any atom is 0.243 e. The Balaban J connectivity index is 1.88. The average Bonchev–Trinajstić information content (AvgIpc) is 3.31. The van der Waals surface area contributed by atoms with E-state index in [1.165, 1.54) is 27.8 Å². The smallest absolute Gasteiger partial charge is 0.243 e. The fourth-order valence-corrected chi connectivity index (χ4v) is 5.77. The van der Waals surface area contributed by atoms with Crippen LogP contribution >= 0.6 is 11.3 Å². The lowest BCUT2D eigenvalue weighted by Gasteiger charge is -2.30. The number of hydrogen-bond donors (Lipinski definition) is 0. The number of carbonyl (C=O) groups excluding carboxylic acids is 1. The largest absolute Gasteiger partial charge is 0.332 e. The van der Waals surface area contributed by atoms with E-state index in [9.17, 15) is 17.6 Å². The van der Waals surface area contributed by atoms with Crippen LogP contribution in [0.15, 0.2) is 70.9 Å². The van der Waals surface area contributed by atoms with Gasteiger partial charge in [0.25, 0.3) is 0 Å². The van der Waals surface area contributed by atoms with Gasteiger partial charge in [-0.15, -0.1) is 11.3 Å². The van der Waals surface area contributed by atoms with E-state index in [-0.39, 0.29) is 35.8 Å². The monoisotopic (exact) mass is 488 g/mol. The minimum Gasteiger partial charge on any atom is -0.332 e. The fourth-order valence-electron chi connectivity index (χ4n) is 3.39. The molecule has 5 nitrogen and oxygen atoms in total. The predicted octanol–water partition coefficient (Wildman–Crippen LogP) is 5.21. The van der Waals surface area contributed by atoms with Gasteiger partial charge in [-0.3, -0.25) is 4.79 Å². The predicted molar refractivity (Wildman–Crippen MR) is 130 cm³/mol. The van der Waals surface area contributed by atoms with Crippen molar-refractivity contribution in [2.75, 3.05) is 6.54 Å². The van der Waals surface area contributed by atoms with E-state index in [1.807, 2.05) is 38.3 Å². The lowest BCUT2D eigenvalue weighted by Crippen LogP contribution is -2.46. The topological polar surface area (TPSA) is 57.7 Å². The van der Waals surface area contributed by atoms with E-state index in [0.29, 0.717) is 13.0 Å². The fraction of sp³-hybridized carbons (Fsp3) is 0.320. The highest BCUT2D eigenvalue weighted by molar-refractivity contribution is 7.89. The van der Waals surface area contributed by atoms with E-state index < -0.39 is 10.0 Å². The molecular weight excluding hydrogens is 459 g/mol. The quantitative estimate of drug-likeness (QED) is 0.393. The van der Waals surface area contributed by atoms with Gasteiger partial charge in [0, 0.05) is 17.5 Å². The molecule has 1 unspecified atom stereocenters. The molecule has 33 heavy (non-hydrogen) atoms. The van der Waals surface area contributed by atoms with Crippen LogP contribution in [-0.4, -0.2) is 36.1 Å². The Labute approximate surface area is 199 Å². The highest BCUT2D eigenvalue weighted by Crippen LogP contribution is 2.22. The van der Waals surface area contributed by atoms with Gasteiger partial charge in [0.1, 0.15) is 5.82 Å². The first-order chi connectivity index (χ1) is 15.7. The summed E-state index contributed by atoms with van der Waals surface area (Å²) in [4.78, 5) is 16.2. The van der Waals surface area contributed by atoms with Gasteiger partial charge in [-0.2, -0.15) is 4.31 Å². The Hall–Kier alpha value is -2.55. The summed E-state index contributed by atoms with van der Waals surface area (Å²) in [7, 11) is -3.86. The Morgan fingerprint density at radius 3 is 2.27 bits per heavy atom. The van der Waals surface area contributed by atoms with Gasteiger partial charge in [0.2, 0.25) is 15.9 Å². The molecular formula is C25H29FN2O3S2. The van der Waals surface area contributed by atoms with Gasteiger partial charge in [-0.25, -0.2) is 12.8 Å². The van der Waals surface area contributed by atoms with E-state index in [1.54, 1.807) is 41.3 Å². The van der Waals surface area contributed by atoms with Crippen molar-refractivity contribution in [1.29, 1.82) is 0 Å². The average molecular weight is 489 g/mol. The number of amides is 1. The molecule has 3 rings (SSSR count). The molecule has 2 aromatic carbocycles. The number of benzene rings is 2. The summed E-state index contributed by atoms with van der Waals surface area (Å²) in [6.07, 6.45) is 0.571. The van der Waals surface area contributed by atoms with E-state index >= 15 is 0 Å². The lowest BCUT2D eigenvalue weighted by molar-refractivity contribution is -0.133. The summed E-state index contributed by atoms with van der Waals surface area (Å²) >= 11 is 1.53. The molecule has 0 bridgehead atoms. The third kappa shape index (κ3) is 6.50. The standard InChI is InChI=1S/C25H29FN2O3S2/c1-4-20(3)28(33(30,31)24-13-7-19(2)8-14-24)18-25(29)27(17-23-6-5-15-32-23)16-21-9-11-22(26)12-10-21/h5-15,20H,4,16-18H2,1-3H3. The number of halogens is 1. The van der Waals surface area contributed by atoms with Crippen molar-refractivity contribution < 1.29 is 17.6 Å². The van der Waals surface area contributed by atoms with Crippen LogP contribution in [0.2, 0.25) is 0 Å². The van der Waals surface area contributed by atoms with Crippen molar-refractivity contribution in [1.82, 2.24) is 9.21 Å². The molecule has 0 spiro atoms. The van der Waals surface area contributed by atoms with Gasteiger partial charge in [0.15, 0.2) is 0 Å². The van der Waals surface area contributed by atoms with Crippen molar-refractivity contribution >= 4 is 27.3 Å². The molecule has 1 heterocycles. The van der Waals surface area contributed by atoms with Crippen LogP contribution in [0.3, 0.4) is 0 Å². The number of aryl methyl sites for hydroxylation is 1. The second-order valence-electron chi connectivity index (χ2n) is 8.08. The Kier molecular flexibility index (Phi) is 8.40. The first-order valence-electron chi connectivity index (χ1n) is 10.8. The highest BCUT2D eigenvalue weighted by atomic mass is 32.2. The zero-order valence-corrected chi connectivity index (χ0v) is 20.7. The van der Waals surface area contributed by atoms with E-state index in [2.05, 4.69) is 0 Å². The SMILES string of the molecule is CCC(C)N(CC(=O)N(Cc1ccc(F)cc1)Cc1cccs1)S(=O)(=O)c1ccc(C)cc1. The summed E-state index contributed by atoms with van der Waals surface area (Å²) in [5.41, 5.74) is 1.74. The molecule has 176 valence electrons. The van der Waals surface area contributed by atoms with Crippen LogP contribution in [-0.2, 0) is 27.9 Å². The van der Waals surface area contributed by atoms with Gasteiger partial charge in [-0.1, -0.05) is 42.8 Å². The van der Waals surface area contributed by atoms with Crippen molar-refractivity contribution in [2.24, 2.45) is 0 Å². The third-order valence-corrected chi connectivity index (χ3v) is 8.40. The zero-order chi connectivity index (χ0) is 24.0. The van der Waals surface area contributed by atoms with E-state index in [4.69, 9.17) is 0 Å². The first-order valence-corrected chi connectivity index (χ1v) is 13.2. The molecule has 0 aliphatic rings. The minimum absolute atomic E-state index is 0.171. The summed E-state index contributed by atoms with van der Waals surface area (Å²) in [5.74, 6) is -0.647. The molecule has 3 aromatic rings. The molecule has 0 saturated heterocycles. The Bertz CT molecular complexity index is 1150. The zero-order valence-electron chi connectivity index (χ0n) is 19.1. The summed E-state index contributed by atoms with van der Waals surface area (Å²) in [6, 6.07) is 16.1. The first kappa shape index (κ1) is 25.1. The summed E-state index contributed by atoms with van der Waals surface area (Å²) < 4.78 is 41.5. The van der Waals surface area contributed by atoms with Crippen LogP contribution in [0.5, 0.6) is 0 Å². The van der Waals surface area contributed by atoms with Gasteiger partial charge < -0.3 is 4.90 Å². The molecule has 0 aliphatic heterocycles. The number of rotatable bonds is 10. The van der Waals surface area contributed by atoms with Crippen molar-refractivity contribution in [3.63, 3.8) is 0 Å². The maximum atomic E-state index is 13.5. The van der Waals surface area contributed by atoms with Crippen LogP contribution in [0, 0.1) is 12.7 Å². The number of carbonyl (C=O) groups is 1. The lowest BCUT2D eigenvalue weighted by atomic mass is 10.2. The van der Waals surface area contributed by atoms with Gasteiger partial charge >= 0.3 is 0 Å². The molecule has 8 heteroatoms. The van der Waals surface area contributed by atoms with Crippen LogP contribution in [0.4, 0.5) is 4.39 Å². The Morgan fingerprint density at radius 2 is 1.70 bits per heavy atom. The van der Waals surface area contributed by atoms with E-state index in [0.717, 1.165) is 16.0 Å². The molecule has 0 N–H and O–H groups in total. The molecule has 1 amide bonds. The van der Waals surface area contributed by atoms with Gasteiger partial charge in [0.05, 0.1) is 18.0 Å². The molecule has 1 aromatic heterocycles. The number of thiophene rings is 1. The number of nitrogens with zero attached hydrogens (tertiary/aromatic N) is 2. The van der Waals surface area contributed by atoms with Crippen LogP contribution in [0.25, 0.3) is 0 Å². The summed E-state index contributed by atoms with van der Waals surface area (Å²) in [6.45, 7) is 5.95. The van der Waals surface area contributed by atoms with Crippen molar-refractivity contribution in [2.45, 2.75) is 51.2 Å². The second-order valence-corrected chi connectivity index (χ2v) is 11.0. The molecule has 0 saturated carbocycles. The minimum atomic E-state index is -3.86. The highest BCUT2D eigenvalue weighted by Gasteiger charge is 2.32.